The molecule has 29 heavy (non-hydrogen) atoms. The summed E-state index contributed by atoms with van der Waals surface area (Å²) < 4.78 is 0. The number of rotatable bonds is 9. The van der Waals surface area contributed by atoms with Crippen molar-refractivity contribution in [1.82, 2.24) is 0 Å². The zero-order valence-corrected chi connectivity index (χ0v) is 19.6. The molecule has 0 aliphatic heterocycles. The van der Waals surface area contributed by atoms with Crippen LogP contribution < -0.4 is 15.9 Å². The minimum absolute atomic E-state index is 1.01. The quantitative estimate of drug-likeness (QED) is 0.233. The number of benzene rings is 3. The van der Waals surface area contributed by atoms with E-state index in [1.54, 1.807) is 0 Å². The molecular formula is C27H30BrP. The third-order valence-electron chi connectivity index (χ3n) is 5.44. The molecule has 0 N–H and O–H groups in total. The van der Waals surface area contributed by atoms with E-state index in [0.29, 0.717) is 0 Å². The Balaban J connectivity index is 2.10. The molecular weight excluding hydrogens is 435 g/mol. The normalized spacial score (nSPS) is 13.5. The zero-order valence-electron chi connectivity index (χ0n) is 17.1. The van der Waals surface area contributed by atoms with Crippen molar-refractivity contribution in [3.63, 3.8) is 0 Å². The van der Waals surface area contributed by atoms with E-state index in [0.717, 1.165) is 25.4 Å². The Morgan fingerprint density at radius 2 is 1.03 bits per heavy atom. The Morgan fingerprint density at radius 3 is 1.45 bits per heavy atom. The van der Waals surface area contributed by atoms with Crippen LogP contribution in [0.2, 0.25) is 0 Å². The van der Waals surface area contributed by atoms with Gasteiger partial charge in [-0.1, -0.05) is 0 Å². The molecule has 0 nitrogen and oxygen atoms in total. The van der Waals surface area contributed by atoms with Gasteiger partial charge in [-0.3, -0.25) is 0 Å². The predicted molar refractivity (Wildman–Crippen MR) is 137 cm³/mol. The average molecular weight is 465 g/mol. The second-order valence-corrected chi connectivity index (χ2v) is 16.3. The van der Waals surface area contributed by atoms with Crippen molar-refractivity contribution < 1.29 is 0 Å². The molecule has 0 atom stereocenters. The van der Waals surface area contributed by atoms with Gasteiger partial charge in [-0.15, -0.1) is 0 Å². The minimum atomic E-state index is -2.77. The third-order valence-corrected chi connectivity index (χ3v) is 15.4. The first-order valence-electron chi connectivity index (χ1n) is 10.4. The molecule has 0 aromatic heterocycles. The Bertz CT molecular complexity index is 831. The number of allylic oxidation sites excluding steroid dienone is 4. The summed E-state index contributed by atoms with van der Waals surface area (Å²) in [4.78, 5) is 0. The second kappa shape index (κ2) is 10.2. The first kappa shape index (κ1) is 21.8. The number of hydrogen-bond donors (Lipinski definition) is 0. The Morgan fingerprint density at radius 1 is 0.621 bits per heavy atom. The van der Waals surface area contributed by atoms with Crippen molar-refractivity contribution in [2.45, 2.75) is 26.2 Å². The summed E-state index contributed by atoms with van der Waals surface area (Å²) in [5, 5.41) is 1.39. The second-order valence-electron chi connectivity index (χ2n) is 7.29. The van der Waals surface area contributed by atoms with Crippen LogP contribution in [0, 0.1) is 0 Å². The van der Waals surface area contributed by atoms with Crippen LogP contribution in [0.15, 0.2) is 115 Å². The van der Waals surface area contributed by atoms with Gasteiger partial charge < -0.3 is 0 Å². The molecule has 0 unspecified atom stereocenters. The Kier molecular flexibility index (Phi) is 7.64. The van der Waals surface area contributed by atoms with Gasteiger partial charge in [0.15, 0.2) is 0 Å². The molecule has 3 rings (SSSR count). The molecule has 0 spiro atoms. The third kappa shape index (κ3) is 4.63. The summed E-state index contributed by atoms with van der Waals surface area (Å²) in [7, 11) is 0. The summed E-state index contributed by atoms with van der Waals surface area (Å²) in [5.41, 5.74) is 0. The maximum atomic E-state index is 4.49. The molecule has 0 aliphatic carbocycles. The number of hydrogen-bond acceptors (Lipinski definition) is 0. The van der Waals surface area contributed by atoms with Crippen molar-refractivity contribution in [3.05, 3.63) is 115 Å². The van der Waals surface area contributed by atoms with E-state index in [9.17, 15) is 0 Å². The van der Waals surface area contributed by atoms with E-state index in [1.807, 2.05) is 0 Å². The molecule has 0 saturated heterocycles. The van der Waals surface area contributed by atoms with Crippen molar-refractivity contribution in [1.29, 1.82) is 0 Å². The molecule has 0 fully saturated rings. The molecule has 2 heteroatoms. The standard InChI is InChI=1S/C27H30BrP/c1-2-3-4-5-6-7-17-24-29(28,25-18-11-8-12-19-25,26-20-13-9-14-21-26)27-22-15-10-16-23-27/h3-4,6-16,18-23H,2,5,17,24H2,1H3/b4-3-,7-6-. The molecule has 0 bridgehead atoms. The van der Waals surface area contributed by atoms with Gasteiger partial charge in [0, 0.05) is 0 Å². The molecule has 0 aliphatic rings. The molecule has 3 aromatic carbocycles. The number of halogens is 1. The van der Waals surface area contributed by atoms with Crippen LogP contribution >= 0.6 is 20.8 Å². The first-order valence-corrected chi connectivity index (χ1v) is 14.8. The van der Waals surface area contributed by atoms with Crippen LogP contribution in [-0.4, -0.2) is 6.16 Å². The van der Waals surface area contributed by atoms with E-state index in [1.165, 1.54) is 15.9 Å². The van der Waals surface area contributed by atoms with Crippen LogP contribution in [0.5, 0.6) is 0 Å². The zero-order chi connectivity index (χ0) is 20.4. The summed E-state index contributed by atoms with van der Waals surface area (Å²) in [5.74, 6) is 0. The summed E-state index contributed by atoms with van der Waals surface area (Å²) >= 11 is 4.49. The van der Waals surface area contributed by atoms with Gasteiger partial charge in [-0.25, -0.2) is 0 Å². The van der Waals surface area contributed by atoms with Crippen LogP contribution in [0.4, 0.5) is 0 Å². The predicted octanol–water partition coefficient (Wildman–Crippen LogP) is 7.13. The van der Waals surface area contributed by atoms with Gasteiger partial charge in [-0.2, -0.15) is 0 Å². The molecule has 0 heterocycles. The van der Waals surface area contributed by atoms with Crippen molar-refractivity contribution in [2.24, 2.45) is 0 Å². The van der Waals surface area contributed by atoms with E-state index in [4.69, 9.17) is 0 Å². The van der Waals surface area contributed by atoms with E-state index >= 15 is 0 Å². The fourth-order valence-electron chi connectivity index (χ4n) is 3.92. The van der Waals surface area contributed by atoms with E-state index < -0.39 is 5.31 Å². The van der Waals surface area contributed by atoms with Crippen molar-refractivity contribution in [2.75, 3.05) is 6.16 Å². The maximum absolute atomic E-state index is 4.49. The average Bonchev–Trinajstić information content (AvgIpc) is 2.80. The molecule has 150 valence electrons. The Labute approximate surface area is 184 Å². The molecule has 0 amide bonds. The molecule has 0 radical (unpaired) electrons. The first-order chi connectivity index (χ1) is 14.2. The SMILES string of the molecule is CC/C=C\C/C=C\CCP(Br)(c1ccccc1)(c1ccccc1)c1ccccc1. The van der Waals surface area contributed by atoms with E-state index in [-0.39, 0.29) is 0 Å². The topological polar surface area (TPSA) is 0 Å². The van der Waals surface area contributed by atoms with Crippen LogP contribution in [0.3, 0.4) is 0 Å². The molecule has 0 saturated carbocycles. The van der Waals surface area contributed by atoms with Crippen LogP contribution in [0.1, 0.15) is 26.2 Å². The van der Waals surface area contributed by atoms with Crippen molar-refractivity contribution >= 4 is 36.7 Å². The monoisotopic (exact) mass is 464 g/mol. The van der Waals surface area contributed by atoms with Gasteiger partial charge in [-0.05, 0) is 0 Å². The summed E-state index contributed by atoms with van der Waals surface area (Å²) in [6, 6.07) is 33.0. The fraction of sp³-hybridized carbons (Fsp3) is 0.185. The van der Waals surface area contributed by atoms with Gasteiger partial charge in [0.2, 0.25) is 0 Å². The summed E-state index contributed by atoms with van der Waals surface area (Å²) in [6.45, 7) is 2.17. The van der Waals surface area contributed by atoms with Crippen LogP contribution in [0.25, 0.3) is 0 Å². The van der Waals surface area contributed by atoms with Gasteiger partial charge in [0.05, 0.1) is 0 Å². The summed E-state index contributed by atoms with van der Waals surface area (Å²) in [6.07, 6.45) is 13.3. The van der Waals surface area contributed by atoms with Crippen molar-refractivity contribution in [3.8, 4) is 0 Å². The van der Waals surface area contributed by atoms with E-state index in [2.05, 4.69) is 138 Å². The molecule has 3 aromatic rings. The fourth-order valence-corrected chi connectivity index (χ4v) is 11.3. The van der Waals surface area contributed by atoms with Gasteiger partial charge in [0.25, 0.3) is 0 Å². The van der Waals surface area contributed by atoms with Gasteiger partial charge in [0.1, 0.15) is 0 Å². The van der Waals surface area contributed by atoms with Crippen LogP contribution in [-0.2, 0) is 0 Å². The van der Waals surface area contributed by atoms with Gasteiger partial charge >= 0.3 is 184 Å². The Hall–Kier alpha value is -1.95.